The van der Waals surface area contributed by atoms with Crippen molar-refractivity contribution in [3.8, 4) is 0 Å². The highest BCUT2D eigenvalue weighted by molar-refractivity contribution is 5.26. The molecular formula is C11H12N4. The summed E-state index contributed by atoms with van der Waals surface area (Å²) in [6, 6.07) is 4.34. The van der Waals surface area contributed by atoms with E-state index >= 15 is 0 Å². The number of imidazole rings is 1. The second kappa shape index (κ2) is 3.47. The zero-order chi connectivity index (χ0) is 10.1. The summed E-state index contributed by atoms with van der Waals surface area (Å²) in [6.45, 7) is 1.98. The van der Waals surface area contributed by atoms with Crippen LogP contribution in [0.3, 0.4) is 0 Å². The first-order chi connectivity index (χ1) is 7.45. The Morgan fingerprint density at radius 1 is 1.27 bits per heavy atom. The average Bonchev–Trinajstić information content (AvgIpc) is 2.78. The molecule has 76 valence electrons. The molecule has 0 spiro atoms. The molecule has 1 aliphatic heterocycles. The largest absolute Gasteiger partial charge is 0.332 e. The van der Waals surface area contributed by atoms with E-state index in [0.717, 1.165) is 13.1 Å². The lowest BCUT2D eigenvalue weighted by Crippen LogP contribution is -2.33. The topological polar surface area (TPSA) is 42.7 Å². The molecule has 3 rings (SSSR count). The molecule has 0 aromatic carbocycles. The Balaban J connectivity index is 2.03. The van der Waals surface area contributed by atoms with Crippen LogP contribution in [0.4, 0.5) is 0 Å². The first-order valence-electron chi connectivity index (χ1n) is 5.08. The van der Waals surface area contributed by atoms with Crippen LogP contribution in [-0.2, 0) is 6.54 Å². The van der Waals surface area contributed by atoms with Crippen LogP contribution in [0.5, 0.6) is 0 Å². The van der Waals surface area contributed by atoms with Crippen molar-refractivity contribution in [3.05, 3.63) is 48.3 Å². The highest BCUT2D eigenvalue weighted by atomic mass is 15.1. The van der Waals surface area contributed by atoms with E-state index in [9.17, 15) is 0 Å². The van der Waals surface area contributed by atoms with Gasteiger partial charge in [-0.25, -0.2) is 4.98 Å². The predicted octanol–water partition coefficient (Wildman–Crippen LogP) is 0.971. The molecule has 4 heteroatoms. The molecule has 3 heterocycles. The summed E-state index contributed by atoms with van der Waals surface area (Å²) in [7, 11) is 0. The Bertz CT molecular complexity index is 449. The van der Waals surface area contributed by atoms with E-state index in [1.165, 1.54) is 11.3 Å². The third kappa shape index (κ3) is 1.43. The Kier molecular flexibility index (Phi) is 1.99. The van der Waals surface area contributed by atoms with Crippen molar-refractivity contribution in [3.63, 3.8) is 0 Å². The number of hydrogen-bond acceptors (Lipinski definition) is 3. The number of hydrogen-bond donors (Lipinski definition) is 1. The van der Waals surface area contributed by atoms with Crippen LogP contribution in [0.2, 0.25) is 0 Å². The molecule has 0 saturated heterocycles. The van der Waals surface area contributed by atoms with Gasteiger partial charge < -0.3 is 9.88 Å². The van der Waals surface area contributed by atoms with Gasteiger partial charge in [0.15, 0.2) is 0 Å². The fourth-order valence-electron chi connectivity index (χ4n) is 2.04. The van der Waals surface area contributed by atoms with E-state index in [1.807, 2.05) is 37.1 Å². The van der Waals surface area contributed by atoms with Crippen LogP contribution >= 0.6 is 0 Å². The van der Waals surface area contributed by atoms with Gasteiger partial charge in [0.1, 0.15) is 0 Å². The van der Waals surface area contributed by atoms with Gasteiger partial charge in [-0.05, 0) is 17.7 Å². The van der Waals surface area contributed by atoms with Crippen molar-refractivity contribution < 1.29 is 0 Å². The van der Waals surface area contributed by atoms with Gasteiger partial charge in [-0.15, -0.1) is 0 Å². The maximum Gasteiger partial charge on any atom is 0.0949 e. The normalized spacial score (nSPS) is 19.9. The van der Waals surface area contributed by atoms with E-state index in [1.54, 1.807) is 0 Å². The summed E-state index contributed by atoms with van der Waals surface area (Å²) in [5.41, 5.74) is 2.47. The lowest BCUT2D eigenvalue weighted by atomic mass is 10.0. The number of nitrogens with zero attached hydrogens (tertiary/aromatic N) is 3. The fraction of sp³-hybridized carbons (Fsp3) is 0.273. The second-order valence-corrected chi connectivity index (χ2v) is 3.68. The molecule has 4 nitrogen and oxygen atoms in total. The van der Waals surface area contributed by atoms with Gasteiger partial charge in [0.25, 0.3) is 0 Å². The summed E-state index contributed by atoms with van der Waals surface area (Å²) in [6.07, 6.45) is 7.47. The summed E-state index contributed by atoms with van der Waals surface area (Å²) < 4.78 is 2.20. The Morgan fingerprint density at radius 3 is 3.00 bits per heavy atom. The van der Waals surface area contributed by atoms with Crippen molar-refractivity contribution in [2.75, 3.05) is 6.54 Å². The Labute approximate surface area is 88.0 Å². The van der Waals surface area contributed by atoms with Crippen LogP contribution in [0, 0.1) is 0 Å². The quantitative estimate of drug-likeness (QED) is 0.746. The van der Waals surface area contributed by atoms with Crippen molar-refractivity contribution >= 4 is 0 Å². The van der Waals surface area contributed by atoms with Gasteiger partial charge in [-0.2, -0.15) is 0 Å². The van der Waals surface area contributed by atoms with Crippen LogP contribution in [0.1, 0.15) is 17.3 Å². The van der Waals surface area contributed by atoms with E-state index in [0.29, 0.717) is 0 Å². The van der Waals surface area contributed by atoms with Crippen LogP contribution in [0.15, 0.2) is 37.1 Å². The monoisotopic (exact) mass is 200 g/mol. The zero-order valence-corrected chi connectivity index (χ0v) is 8.30. The van der Waals surface area contributed by atoms with Crippen LogP contribution in [0.25, 0.3) is 0 Å². The molecule has 1 unspecified atom stereocenters. The second-order valence-electron chi connectivity index (χ2n) is 3.68. The van der Waals surface area contributed by atoms with E-state index in [2.05, 4.69) is 19.9 Å². The molecular weight excluding hydrogens is 188 g/mol. The third-order valence-electron chi connectivity index (χ3n) is 2.78. The van der Waals surface area contributed by atoms with E-state index < -0.39 is 0 Å². The van der Waals surface area contributed by atoms with E-state index in [-0.39, 0.29) is 6.04 Å². The minimum absolute atomic E-state index is 0.254. The number of aromatic nitrogens is 3. The standard InChI is InChI=1S/C11H12N4/c1-3-12-4-2-9(1)11-10-7-13-8-15(10)6-5-14-11/h1-4,7-8,11,14H,5-6H2. The molecule has 1 N–H and O–H groups in total. The first-order valence-corrected chi connectivity index (χ1v) is 5.08. The third-order valence-corrected chi connectivity index (χ3v) is 2.78. The maximum absolute atomic E-state index is 4.19. The molecule has 1 aliphatic rings. The average molecular weight is 200 g/mol. The van der Waals surface area contributed by atoms with Crippen LogP contribution < -0.4 is 5.32 Å². The lowest BCUT2D eigenvalue weighted by molar-refractivity contribution is 0.467. The van der Waals surface area contributed by atoms with Crippen molar-refractivity contribution in [2.24, 2.45) is 0 Å². The fourth-order valence-corrected chi connectivity index (χ4v) is 2.04. The highest BCUT2D eigenvalue weighted by Crippen LogP contribution is 2.23. The van der Waals surface area contributed by atoms with Crippen molar-refractivity contribution in [1.29, 1.82) is 0 Å². The van der Waals surface area contributed by atoms with Gasteiger partial charge >= 0.3 is 0 Å². The molecule has 15 heavy (non-hydrogen) atoms. The number of rotatable bonds is 1. The van der Waals surface area contributed by atoms with Gasteiger partial charge in [0.2, 0.25) is 0 Å². The van der Waals surface area contributed by atoms with Gasteiger partial charge in [-0.3, -0.25) is 4.98 Å². The summed E-state index contributed by atoms with van der Waals surface area (Å²) >= 11 is 0. The lowest BCUT2D eigenvalue weighted by Gasteiger charge is -2.25. The smallest absolute Gasteiger partial charge is 0.0949 e. The summed E-state index contributed by atoms with van der Waals surface area (Å²) in [5, 5.41) is 3.49. The minimum atomic E-state index is 0.254. The molecule has 0 bridgehead atoms. The Hall–Kier alpha value is -1.68. The van der Waals surface area contributed by atoms with Crippen molar-refractivity contribution in [2.45, 2.75) is 12.6 Å². The summed E-state index contributed by atoms with van der Waals surface area (Å²) in [5.74, 6) is 0. The first kappa shape index (κ1) is 8.61. The van der Waals surface area contributed by atoms with Gasteiger partial charge in [-0.1, -0.05) is 0 Å². The van der Waals surface area contributed by atoms with Gasteiger partial charge in [0, 0.05) is 25.5 Å². The maximum atomic E-state index is 4.19. The van der Waals surface area contributed by atoms with E-state index in [4.69, 9.17) is 0 Å². The number of pyridine rings is 1. The minimum Gasteiger partial charge on any atom is -0.332 e. The number of fused-ring (bicyclic) bond motifs is 1. The zero-order valence-electron chi connectivity index (χ0n) is 8.30. The predicted molar refractivity (Wildman–Crippen MR) is 56.3 cm³/mol. The summed E-state index contributed by atoms with van der Waals surface area (Å²) in [4.78, 5) is 8.22. The molecule has 1 atom stereocenters. The molecule has 2 aromatic rings. The molecule has 2 aromatic heterocycles. The Morgan fingerprint density at radius 2 is 2.13 bits per heavy atom. The highest BCUT2D eigenvalue weighted by Gasteiger charge is 2.20. The molecule has 0 saturated carbocycles. The number of nitrogens with one attached hydrogen (secondary N) is 1. The van der Waals surface area contributed by atoms with Crippen molar-refractivity contribution in [1.82, 2.24) is 19.9 Å². The molecule has 0 amide bonds. The molecule has 0 radical (unpaired) electrons. The van der Waals surface area contributed by atoms with Gasteiger partial charge in [0.05, 0.1) is 24.3 Å². The SMILES string of the molecule is c1cc(C2NCCn3cncc32)ccn1. The molecule has 0 aliphatic carbocycles. The van der Waals surface area contributed by atoms with Crippen LogP contribution in [-0.4, -0.2) is 21.1 Å². The molecule has 0 fully saturated rings.